The molecule has 0 fully saturated rings. The maximum absolute atomic E-state index is 12.0. The highest BCUT2D eigenvalue weighted by Crippen LogP contribution is 2.17. The fourth-order valence-corrected chi connectivity index (χ4v) is 2.14. The van der Waals surface area contributed by atoms with E-state index in [1.54, 1.807) is 12.4 Å². The van der Waals surface area contributed by atoms with E-state index in [2.05, 4.69) is 22.2 Å². The van der Waals surface area contributed by atoms with E-state index < -0.39 is 0 Å². The van der Waals surface area contributed by atoms with Crippen molar-refractivity contribution in [2.24, 2.45) is 0 Å². The molecule has 0 saturated carbocycles. The van der Waals surface area contributed by atoms with Crippen molar-refractivity contribution in [2.45, 2.75) is 38.6 Å². The van der Waals surface area contributed by atoms with Crippen LogP contribution < -0.4 is 5.32 Å². The number of unbranched alkanes of at least 4 members (excludes halogenated alkanes) is 1. The number of rotatable bonds is 7. The maximum atomic E-state index is 12.0. The Balaban J connectivity index is 2.06. The molecule has 0 spiro atoms. The molecule has 2 aromatic rings. The smallest absolute Gasteiger partial charge is 0.220 e. The lowest BCUT2D eigenvalue weighted by molar-refractivity contribution is -0.121. The molecule has 0 aliphatic rings. The molecule has 1 amide bonds. The number of benzene rings is 1. The minimum Gasteiger partial charge on any atom is -0.349 e. The Hall–Kier alpha value is -2.10. The average Bonchev–Trinajstić information content (AvgIpc) is 2.98. The van der Waals surface area contributed by atoms with Gasteiger partial charge < -0.3 is 10.3 Å². The van der Waals surface area contributed by atoms with Crippen molar-refractivity contribution >= 4 is 5.91 Å². The van der Waals surface area contributed by atoms with Crippen LogP contribution in [0.2, 0.25) is 0 Å². The molecule has 4 nitrogen and oxygen atoms in total. The third kappa shape index (κ3) is 4.23. The fourth-order valence-electron chi connectivity index (χ4n) is 2.14. The second kappa shape index (κ2) is 7.48. The number of amides is 1. The molecule has 106 valence electrons. The second-order valence-corrected chi connectivity index (χ2v) is 4.87. The molecule has 20 heavy (non-hydrogen) atoms. The number of nitrogens with zero attached hydrogens (tertiary/aromatic N) is 1. The molecule has 1 aromatic carbocycles. The van der Waals surface area contributed by atoms with Gasteiger partial charge in [0, 0.05) is 25.2 Å². The molecule has 2 N–H and O–H groups in total. The topological polar surface area (TPSA) is 57.8 Å². The molecule has 0 radical (unpaired) electrons. The van der Waals surface area contributed by atoms with Gasteiger partial charge >= 0.3 is 0 Å². The van der Waals surface area contributed by atoms with Crippen molar-refractivity contribution in [2.75, 3.05) is 0 Å². The lowest BCUT2D eigenvalue weighted by Crippen LogP contribution is -2.30. The normalized spacial score (nSPS) is 12.1. The first-order valence-corrected chi connectivity index (χ1v) is 7.12. The third-order valence-electron chi connectivity index (χ3n) is 3.25. The van der Waals surface area contributed by atoms with E-state index in [0.717, 1.165) is 24.2 Å². The van der Waals surface area contributed by atoms with Crippen molar-refractivity contribution < 1.29 is 4.79 Å². The molecule has 4 heteroatoms. The number of carbonyl (C=O) groups is 1. The van der Waals surface area contributed by atoms with Crippen LogP contribution in [0.1, 0.15) is 43.6 Å². The van der Waals surface area contributed by atoms with Gasteiger partial charge in [-0.25, -0.2) is 4.98 Å². The molecule has 1 unspecified atom stereocenters. The average molecular weight is 271 g/mol. The van der Waals surface area contributed by atoms with Gasteiger partial charge in [0.2, 0.25) is 5.91 Å². The summed E-state index contributed by atoms with van der Waals surface area (Å²) in [6.07, 6.45) is 6.75. The highest BCUT2D eigenvalue weighted by molar-refractivity contribution is 5.76. The first-order chi connectivity index (χ1) is 9.79. The number of carbonyl (C=O) groups excluding carboxylic acids is 1. The number of aromatic amines is 1. The minimum absolute atomic E-state index is 0.0355. The monoisotopic (exact) mass is 271 g/mol. The number of aromatic nitrogens is 2. The van der Waals surface area contributed by atoms with E-state index in [1.165, 1.54) is 0 Å². The van der Waals surface area contributed by atoms with Crippen LogP contribution >= 0.6 is 0 Å². The molecule has 1 atom stereocenters. The number of hydrogen-bond acceptors (Lipinski definition) is 2. The molecular formula is C16H21N3O. The number of hydrogen-bond donors (Lipinski definition) is 2. The zero-order valence-corrected chi connectivity index (χ0v) is 11.8. The quantitative estimate of drug-likeness (QED) is 0.813. The first kappa shape index (κ1) is 14.3. The van der Waals surface area contributed by atoms with E-state index >= 15 is 0 Å². The van der Waals surface area contributed by atoms with Gasteiger partial charge in [-0.2, -0.15) is 0 Å². The Morgan fingerprint density at radius 1 is 1.35 bits per heavy atom. The van der Waals surface area contributed by atoms with E-state index in [4.69, 9.17) is 0 Å². The maximum Gasteiger partial charge on any atom is 0.220 e. The second-order valence-electron chi connectivity index (χ2n) is 4.87. The fraction of sp³-hybridized carbons (Fsp3) is 0.375. The van der Waals surface area contributed by atoms with Crippen LogP contribution in [-0.2, 0) is 11.2 Å². The van der Waals surface area contributed by atoms with Crippen LogP contribution in [0.25, 0.3) is 0 Å². The third-order valence-corrected chi connectivity index (χ3v) is 3.25. The van der Waals surface area contributed by atoms with Gasteiger partial charge in [0.05, 0.1) is 6.04 Å². The molecule has 1 aromatic heterocycles. The SMILES string of the molecule is CCCCC(=O)NC(Cc1ncc[nH]1)c1ccccc1. The van der Waals surface area contributed by atoms with Gasteiger partial charge in [-0.1, -0.05) is 43.7 Å². The van der Waals surface area contributed by atoms with Crippen molar-refractivity contribution in [3.8, 4) is 0 Å². The van der Waals surface area contributed by atoms with E-state index in [1.807, 2.05) is 30.3 Å². The molecule has 2 rings (SSSR count). The Morgan fingerprint density at radius 2 is 2.15 bits per heavy atom. The van der Waals surface area contributed by atoms with Gasteiger partial charge in [-0.3, -0.25) is 4.79 Å². The Morgan fingerprint density at radius 3 is 2.80 bits per heavy atom. The van der Waals surface area contributed by atoms with Gasteiger partial charge in [0.15, 0.2) is 0 Å². The zero-order chi connectivity index (χ0) is 14.2. The van der Waals surface area contributed by atoms with Crippen molar-refractivity contribution in [1.82, 2.24) is 15.3 Å². The highest BCUT2D eigenvalue weighted by Gasteiger charge is 2.15. The summed E-state index contributed by atoms with van der Waals surface area (Å²) in [7, 11) is 0. The van der Waals surface area contributed by atoms with E-state index in [-0.39, 0.29) is 11.9 Å². The lowest BCUT2D eigenvalue weighted by atomic mass is 10.0. The number of nitrogens with one attached hydrogen (secondary N) is 2. The van der Waals surface area contributed by atoms with Crippen molar-refractivity contribution in [3.63, 3.8) is 0 Å². The predicted octanol–water partition coefficient (Wildman–Crippen LogP) is 3.00. The Bertz CT molecular complexity index is 508. The minimum atomic E-state index is -0.0355. The number of imidazole rings is 1. The van der Waals surface area contributed by atoms with Crippen LogP contribution in [-0.4, -0.2) is 15.9 Å². The zero-order valence-electron chi connectivity index (χ0n) is 11.8. The van der Waals surface area contributed by atoms with E-state index in [0.29, 0.717) is 12.8 Å². The molecule has 0 aliphatic heterocycles. The summed E-state index contributed by atoms with van der Waals surface area (Å²) in [6.45, 7) is 2.09. The Labute approximate surface area is 119 Å². The van der Waals surface area contributed by atoms with Crippen LogP contribution in [0, 0.1) is 0 Å². The van der Waals surface area contributed by atoms with Gasteiger partial charge in [-0.15, -0.1) is 0 Å². The Kier molecular flexibility index (Phi) is 5.35. The summed E-state index contributed by atoms with van der Waals surface area (Å²) in [5, 5.41) is 3.11. The predicted molar refractivity (Wildman–Crippen MR) is 79.1 cm³/mol. The van der Waals surface area contributed by atoms with Crippen LogP contribution in [0.15, 0.2) is 42.7 Å². The van der Waals surface area contributed by atoms with Gasteiger partial charge in [0.25, 0.3) is 0 Å². The molecule has 1 heterocycles. The highest BCUT2D eigenvalue weighted by atomic mass is 16.1. The summed E-state index contributed by atoms with van der Waals surface area (Å²) in [4.78, 5) is 19.3. The van der Waals surface area contributed by atoms with Crippen molar-refractivity contribution in [1.29, 1.82) is 0 Å². The van der Waals surface area contributed by atoms with Crippen LogP contribution in [0.3, 0.4) is 0 Å². The standard InChI is InChI=1S/C16H21N3O/c1-2-3-9-16(20)19-14(12-15-17-10-11-18-15)13-7-5-4-6-8-13/h4-8,10-11,14H,2-3,9,12H2,1H3,(H,17,18)(H,19,20). The van der Waals surface area contributed by atoms with Gasteiger partial charge in [0.1, 0.15) is 5.82 Å². The summed E-state index contributed by atoms with van der Waals surface area (Å²) < 4.78 is 0. The molecule has 0 saturated heterocycles. The lowest BCUT2D eigenvalue weighted by Gasteiger charge is -2.18. The summed E-state index contributed by atoms with van der Waals surface area (Å²) >= 11 is 0. The van der Waals surface area contributed by atoms with Crippen LogP contribution in [0.5, 0.6) is 0 Å². The van der Waals surface area contributed by atoms with Gasteiger partial charge in [-0.05, 0) is 12.0 Å². The largest absolute Gasteiger partial charge is 0.349 e. The summed E-state index contributed by atoms with van der Waals surface area (Å²) in [5.74, 6) is 0.988. The molecule has 0 bridgehead atoms. The molecular weight excluding hydrogens is 250 g/mol. The van der Waals surface area contributed by atoms with Crippen molar-refractivity contribution in [3.05, 3.63) is 54.1 Å². The summed E-state index contributed by atoms with van der Waals surface area (Å²) in [5.41, 5.74) is 1.11. The van der Waals surface area contributed by atoms with Crippen LogP contribution in [0.4, 0.5) is 0 Å². The summed E-state index contributed by atoms with van der Waals surface area (Å²) in [6, 6.07) is 9.99. The number of H-pyrrole nitrogens is 1. The van der Waals surface area contributed by atoms with E-state index in [9.17, 15) is 4.79 Å². The molecule has 0 aliphatic carbocycles. The first-order valence-electron chi connectivity index (χ1n) is 7.12.